The molecule has 11 heteroatoms. The second kappa shape index (κ2) is 20.8. The third kappa shape index (κ3) is 10.7. The van der Waals surface area contributed by atoms with Gasteiger partial charge in [0.1, 0.15) is 11.4 Å². The van der Waals surface area contributed by atoms with Crippen LogP contribution in [0.25, 0.3) is 57.3 Å². The summed E-state index contributed by atoms with van der Waals surface area (Å²) in [5.41, 5.74) is 10.1. The van der Waals surface area contributed by atoms with Crippen LogP contribution in [0.3, 0.4) is 0 Å². The summed E-state index contributed by atoms with van der Waals surface area (Å²) in [4.78, 5) is 41.0. The third-order valence-electron chi connectivity index (χ3n) is 7.59. The van der Waals surface area contributed by atoms with Gasteiger partial charge in [0.2, 0.25) is 0 Å². The standard InChI is InChI=1S/C24H18N6.2C10H10N2.Ru/c1-3-17-18(4-2)28-23(27-17)21-13-15(9-11-25-21)16-10-12-26-22(14-16)24-29-19-7-5-6-8-20(19)30-24;2*1-3-9(11-4-2)10-7-5-6-8-12-10;/h3-14H,1-2H2,(H,27,28)(H,29,30);2*3-8H,1-2H2;. The number of aliphatic imine (C=N–C) groups is 2. The molecular weight excluding hydrogens is 770 g/mol. The van der Waals surface area contributed by atoms with E-state index in [2.05, 4.69) is 89.3 Å². The third-order valence-corrected chi connectivity index (χ3v) is 7.59. The Morgan fingerprint density at radius 3 is 1.51 bits per heavy atom. The van der Waals surface area contributed by atoms with Crippen molar-refractivity contribution in [2.75, 3.05) is 0 Å². The molecule has 0 radical (unpaired) electrons. The molecule has 0 aliphatic carbocycles. The number of nitrogens with zero attached hydrogens (tertiary/aromatic N) is 8. The largest absolute Gasteiger partial charge is 0.337 e. The summed E-state index contributed by atoms with van der Waals surface area (Å²) in [6.45, 7) is 21.9. The number of benzene rings is 1. The number of aromatic nitrogens is 8. The molecule has 0 aliphatic rings. The molecule has 0 amide bonds. The van der Waals surface area contributed by atoms with Crippen LogP contribution in [0, 0.1) is 0 Å². The van der Waals surface area contributed by atoms with Crippen LogP contribution >= 0.6 is 0 Å². The fraction of sp³-hybridized carbons (Fsp3) is 0. The second-order valence-corrected chi connectivity index (χ2v) is 11.0. The summed E-state index contributed by atoms with van der Waals surface area (Å²) < 4.78 is 0. The molecule has 6 heterocycles. The number of allylic oxidation sites excluding steroid dienone is 2. The average molecular weight is 808 g/mol. The first-order valence-electron chi connectivity index (χ1n) is 16.7. The number of aromatic amines is 2. The van der Waals surface area contributed by atoms with Crippen LogP contribution in [-0.4, -0.2) is 51.3 Å². The van der Waals surface area contributed by atoms with E-state index in [-0.39, 0.29) is 19.5 Å². The Kier molecular flexibility index (Phi) is 15.4. The number of rotatable bonds is 11. The minimum Gasteiger partial charge on any atom is -0.337 e. The Morgan fingerprint density at radius 1 is 0.545 bits per heavy atom. The molecule has 272 valence electrons. The van der Waals surface area contributed by atoms with Crippen LogP contribution in [0.15, 0.2) is 184 Å². The fourth-order valence-electron chi connectivity index (χ4n) is 5.06. The summed E-state index contributed by atoms with van der Waals surface area (Å²) in [5, 5.41) is 0. The molecule has 0 bridgehead atoms. The fourth-order valence-corrected chi connectivity index (χ4v) is 5.06. The number of hydrogen-bond donors (Lipinski definition) is 2. The monoisotopic (exact) mass is 808 g/mol. The van der Waals surface area contributed by atoms with Crippen molar-refractivity contribution in [3.63, 3.8) is 0 Å². The van der Waals surface area contributed by atoms with Gasteiger partial charge >= 0.3 is 0 Å². The van der Waals surface area contributed by atoms with E-state index in [1.165, 1.54) is 12.4 Å². The number of imidazole rings is 2. The first-order valence-corrected chi connectivity index (χ1v) is 16.7. The van der Waals surface area contributed by atoms with Crippen LogP contribution in [0.1, 0.15) is 22.8 Å². The van der Waals surface area contributed by atoms with Gasteiger partial charge in [-0.05, 0) is 96.1 Å². The van der Waals surface area contributed by atoms with Gasteiger partial charge in [-0.15, -0.1) is 0 Å². The van der Waals surface area contributed by atoms with Crippen LogP contribution in [-0.2, 0) is 19.5 Å². The Morgan fingerprint density at radius 2 is 1.07 bits per heavy atom. The van der Waals surface area contributed by atoms with Crippen molar-refractivity contribution in [3.8, 4) is 34.2 Å². The maximum atomic E-state index is 4.65. The minimum absolute atomic E-state index is 0. The van der Waals surface area contributed by atoms with E-state index in [1.807, 2.05) is 84.9 Å². The van der Waals surface area contributed by atoms with Gasteiger partial charge in [-0.25, -0.2) is 9.97 Å². The molecule has 10 nitrogen and oxygen atoms in total. The van der Waals surface area contributed by atoms with Crippen molar-refractivity contribution in [1.82, 2.24) is 39.9 Å². The summed E-state index contributed by atoms with van der Waals surface area (Å²) in [5.74, 6) is 1.41. The number of para-hydroxylation sites is 2. The number of hydrogen-bond acceptors (Lipinski definition) is 8. The van der Waals surface area contributed by atoms with E-state index in [1.54, 1.807) is 49.1 Å². The molecule has 0 spiro atoms. The van der Waals surface area contributed by atoms with Crippen LogP contribution in [0.5, 0.6) is 0 Å². The number of nitrogens with one attached hydrogen (secondary N) is 2. The Balaban J connectivity index is 0.000000223. The van der Waals surface area contributed by atoms with Crippen molar-refractivity contribution < 1.29 is 19.5 Å². The molecular formula is C44H38N10Ru. The van der Waals surface area contributed by atoms with Gasteiger partial charge in [0.05, 0.1) is 45.2 Å². The summed E-state index contributed by atoms with van der Waals surface area (Å²) >= 11 is 0. The van der Waals surface area contributed by atoms with Crippen LogP contribution < -0.4 is 0 Å². The summed E-state index contributed by atoms with van der Waals surface area (Å²) in [6.07, 6.45) is 16.7. The smallest absolute Gasteiger partial charge is 0.157 e. The summed E-state index contributed by atoms with van der Waals surface area (Å²) in [6, 6.07) is 27.2. The number of H-pyrrole nitrogens is 2. The van der Waals surface area contributed by atoms with E-state index >= 15 is 0 Å². The Hall–Kier alpha value is -7.10. The predicted octanol–water partition coefficient (Wildman–Crippen LogP) is 9.76. The molecule has 7 rings (SSSR count). The van der Waals surface area contributed by atoms with E-state index in [4.69, 9.17) is 0 Å². The predicted molar refractivity (Wildman–Crippen MR) is 223 cm³/mol. The molecule has 2 N–H and O–H groups in total. The first-order chi connectivity index (χ1) is 26.5. The van der Waals surface area contributed by atoms with Crippen molar-refractivity contribution in [1.29, 1.82) is 0 Å². The normalized spacial score (nSPS) is 10.7. The zero-order chi connectivity index (χ0) is 38.1. The molecule has 0 unspecified atom stereocenters. The van der Waals surface area contributed by atoms with Crippen LogP contribution in [0.4, 0.5) is 0 Å². The quantitative estimate of drug-likeness (QED) is 0.0988. The van der Waals surface area contributed by atoms with Crippen molar-refractivity contribution in [2.24, 2.45) is 9.98 Å². The van der Waals surface area contributed by atoms with Gasteiger partial charge in [-0.3, -0.25) is 29.9 Å². The summed E-state index contributed by atoms with van der Waals surface area (Å²) in [7, 11) is 0. The first kappa shape index (κ1) is 40.7. The molecule has 1 aromatic carbocycles. The van der Waals surface area contributed by atoms with E-state index < -0.39 is 0 Å². The molecule has 0 saturated heterocycles. The van der Waals surface area contributed by atoms with Crippen molar-refractivity contribution in [3.05, 3.63) is 197 Å². The van der Waals surface area contributed by atoms with Gasteiger partial charge in [0.25, 0.3) is 0 Å². The van der Waals surface area contributed by atoms with Gasteiger partial charge in [-0.1, -0.05) is 63.7 Å². The van der Waals surface area contributed by atoms with E-state index in [0.29, 0.717) is 5.82 Å². The van der Waals surface area contributed by atoms with Gasteiger partial charge in [0, 0.05) is 56.7 Å². The van der Waals surface area contributed by atoms with Gasteiger partial charge in [-0.2, -0.15) is 0 Å². The molecule has 6 aromatic heterocycles. The minimum atomic E-state index is 0. The molecule has 0 aliphatic heterocycles. The SMILES string of the molecule is C=CN=C(C=C)c1ccccn1.C=CN=C(C=C)c1ccccn1.C=Cc1nc(-c2cc(-c3ccnc(-c4nc5ccccc5[nH]4)c3)ccn2)[nH]c1C=C.[Ru]. The van der Waals surface area contributed by atoms with Gasteiger partial charge in [0.15, 0.2) is 11.6 Å². The molecule has 7 aromatic rings. The maximum Gasteiger partial charge on any atom is 0.157 e. The van der Waals surface area contributed by atoms with Crippen molar-refractivity contribution in [2.45, 2.75) is 0 Å². The van der Waals surface area contributed by atoms with Crippen LogP contribution in [0.2, 0.25) is 0 Å². The Bertz CT molecular complexity index is 2340. The molecule has 0 atom stereocenters. The van der Waals surface area contributed by atoms with Crippen molar-refractivity contribution >= 4 is 34.6 Å². The zero-order valence-electron chi connectivity index (χ0n) is 30.0. The number of pyridine rings is 4. The zero-order valence-corrected chi connectivity index (χ0v) is 31.8. The number of fused-ring (bicyclic) bond motifs is 1. The maximum absolute atomic E-state index is 4.65. The molecule has 0 saturated carbocycles. The molecule has 55 heavy (non-hydrogen) atoms. The van der Waals surface area contributed by atoms with E-state index in [0.717, 1.165) is 73.6 Å². The second-order valence-electron chi connectivity index (χ2n) is 11.0. The average Bonchev–Trinajstić information content (AvgIpc) is 3.88. The Labute approximate surface area is 333 Å². The van der Waals surface area contributed by atoms with E-state index in [9.17, 15) is 0 Å². The molecule has 0 fully saturated rings. The van der Waals surface area contributed by atoms with Gasteiger partial charge < -0.3 is 9.97 Å². The topological polar surface area (TPSA) is 134 Å².